The topological polar surface area (TPSA) is 101 Å². The van der Waals surface area contributed by atoms with Crippen LogP contribution >= 0.6 is 11.8 Å². The third-order valence-electron chi connectivity index (χ3n) is 4.73. The van der Waals surface area contributed by atoms with Gasteiger partial charge in [-0.2, -0.15) is 0 Å². The van der Waals surface area contributed by atoms with Crippen molar-refractivity contribution in [2.45, 2.75) is 23.8 Å². The van der Waals surface area contributed by atoms with Crippen LogP contribution in [-0.4, -0.2) is 42.0 Å². The molecule has 0 radical (unpaired) electrons. The Balaban J connectivity index is 1.89. The number of nitrogens with one attached hydrogen (secondary N) is 2. The van der Waals surface area contributed by atoms with Crippen molar-refractivity contribution in [1.82, 2.24) is 10.6 Å². The molecular formula is C20H21N3O4S. The van der Waals surface area contributed by atoms with Crippen LogP contribution in [0.15, 0.2) is 47.4 Å². The first-order valence-corrected chi connectivity index (χ1v) is 10.2. The fourth-order valence-electron chi connectivity index (χ4n) is 3.24. The van der Waals surface area contributed by atoms with Crippen LogP contribution in [0, 0.1) is 10.1 Å². The summed E-state index contributed by atoms with van der Waals surface area (Å²) in [6.45, 7) is 1.69. The van der Waals surface area contributed by atoms with E-state index in [-0.39, 0.29) is 34.3 Å². The third-order valence-corrected chi connectivity index (χ3v) is 5.51. The van der Waals surface area contributed by atoms with Gasteiger partial charge in [-0.25, -0.2) is 0 Å². The highest BCUT2D eigenvalue weighted by atomic mass is 32.2. The van der Waals surface area contributed by atoms with Crippen molar-refractivity contribution in [1.29, 1.82) is 0 Å². The number of benzene rings is 2. The van der Waals surface area contributed by atoms with Crippen molar-refractivity contribution >= 4 is 29.1 Å². The van der Waals surface area contributed by atoms with Crippen molar-refractivity contribution < 1.29 is 14.5 Å². The maximum Gasteiger partial charge on any atom is 0.283 e. The van der Waals surface area contributed by atoms with Gasteiger partial charge in [-0.15, -0.1) is 11.8 Å². The van der Waals surface area contributed by atoms with Gasteiger partial charge in [0.1, 0.15) is 0 Å². The van der Waals surface area contributed by atoms with Crippen LogP contribution in [0.5, 0.6) is 0 Å². The number of carbonyl (C=O) groups excluding carboxylic acids is 2. The van der Waals surface area contributed by atoms with Gasteiger partial charge in [-0.1, -0.05) is 18.2 Å². The highest BCUT2D eigenvalue weighted by molar-refractivity contribution is 7.98. The van der Waals surface area contributed by atoms with Gasteiger partial charge in [0.2, 0.25) is 0 Å². The summed E-state index contributed by atoms with van der Waals surface area (Å²) in [5, 5.41) is 17.5. The molecule has 1 aliphatic rings. The highest BCUT2D eigenvalue weighted by Crippen LogP contribution is 2.29. The van der Waals surface area contributed by atoms with E-state index in [1.807, 2.05) is 0 Å². The lowest BCUT2D eigenvalue weighted by molar-refractivity contribution is -0.387. The highest BCUT2D eigenvalue weighted by Gasteiger charge is 2.23. The standard InChI is InChI=1S/C20H21N3O4S/c1-28-18-7-6-13(12-17(18)23(26)27)19(24)15-4-2-3-5-16(15)20(25)22-14-8-10-21-11-9-14/h2-7,12,14,21H,8-11H2,1H3,(H,22,25). The molecule has 7 nitrogen and oxygen atoms in total. The van der Waals surface area contributed by atoms with E-state index >= 15 is 0 Å². The normalized spacial score (nSPS) is 14.5. The maximum absolute atomic E-state index is 13.0. The molecule has 0 aliphatic carbocycles. The Morgan fingerprint density at radius 1 is 1.14 bits per heavy atom. The van der Waals surface area contributed by atoms with Gasteiger partial charge in [0.15, 0.2) is 5.78 Å². The fraction of sp³-hybridized carbons (Fsp3) is 0.300. The lowest BCUT2D eigenvalue weighted by Crippen LogP contribution is -2.43. The number of carbonyl (C=O) groups is 2. The summed E-state index contributed by atoms with van der Waals surface area (Å²) in [6.07, 6.45) is 3.42. The average Bonchev–Trinajstić information content (AvgIpc) is 2.73. The number of nitro groups is 1. The Labute approximate surface area is 167 Å². The molecule has 0 saturated carbocycles. The van der Waals surface area contributed by atoms with Crippen molar-refractivity contribution in [3.63, 3.8) is 0 Å². The minimum atomic E-state index is -0.502. The van der Waals surface area contributed by atoms with Gasteiger partial charge in [-0.3, -0.25) is 19.7 Å². The summed E-state index contributed by atoms with van der Waals surface area (Å²) in [5.74, 6) is -0.710. The van der Waals surface area contributed by atoms with Crippen molar-refractivity contribution in [3.05, 3.63) is 69.3 Å². The third kappa shape index (κ3) is 4.40. The molecule has 146 valence electrons. The molecule has 1 fully saturated rings. The molecule has 1 heterocycles. The van der Waals surface area contributed by atoms with E-state index < -0.39 is 10.7 Å². The molecule has 28 heavy (non-hydrogen) atoms. The van der Waals surface area contributed by atoms with Gasteiger partial charge in [0, 0.05) is 23.2 Å². The maximum atomic E-state index is 13.0. The second kappa shape index (κ2) is 8.99. The predicted molar refractivity (Wildman–Crippen MR) is 108 cm³/mol. The average molecular weight is 399 g/mol. The smallest absolute Gasteiger partial charge is 0.283 e. The zero-order valence-electron chi connectivity index (χ0n) is 15.4. The molecule has 1 aliphatic heterocycles. The molecule has 0 bridgehead atoms. The van der Waals surface area contributed by atoms with Crippen LogP contribution in [0.3, 0.4) is 0 Å². The van der Waals surface area contributed by atoms with Crippen LogP contribution in [-0.2, 0) is 0 Å². The summed E-state index contributed by atoms with van der Waals surface area (Å²) in [5.41, 5.74) is 0.587. The quantitative estimate of drug-likeness (QED) is 0.335. The van der Waals surface area contributed by atoms with Crippen molar-refractivity contribution in [2.24, 2.45) is 0 Å². The molecular weight excluding hydrogens is 378 g/mol. The van der Waals surface area contributed by atoms with E-state index in [1.165, 1.54) is 17.8 Å². The number of rotatable bonds is 6. The molecule has 0 aromatic heterocycles. The number of nitrogens with zero attached hydrogens (tertiary/aromatic N) is 1. The Morgan fingerprint density at radius 3 is 2.46 bits per heavy atom. The minimum absolute atomic E-state index is 0.0684. The van der Waals surface area contributed by atoms with E-state index in [2.05, 4.69) is 10.6 Å². The molecule has 0 atom stereocenters. The Morgan fingerprint density at radius 2 is 1.82 bits per heavy atom. The minimum Gasteiger partial charge on any atom is -0.349 e. The summed E-state index contributed by atoms with van der Waals surface area (Å²) >= 11 is 1.25. The van der Waals surface area contributed by atoms with Crippen LogP contribution in [0.1, 0.15) is 39.1 Å². The second-order valence-corrected chi connectivity index (χ2v) is 7.36. The number of nitro benzene ring substituents is 1. The number of thioether (sulfide) groups is 1. The van der Waals surface area contributed by atoms with Gasteiger partial charge >= 0.3 is 0 Å². The first-order valence-electron chi connectivity index (χ1n) is 8.99. The SMILES string of the molecule is CSc1ccc(C(=O)c2ccccc2C(=O)NC2CCNCC2)cc1[N+](=O)[O-]. The summed E-state index contributed by atoms with van der Waals surface area (Å²) in [7, 11) is 0. The Bertz CT molecular complexity index is 910. The van der Waals surface area contributed by atoms with E-state index in [4.69, 9.17) is 0 Å². The summed E-state index contributed by atoms with van der Waals surface area (Å²) in [4.78, 5) is 37.1. The van der Waals surface area contributed by atoms with Crippen LogP contribution in [0.2, 0.25) is 0 Å². The van der Waals surface area contributed by atoms with E-state index in [0.717, 1.165) is 25.9 Å². The molecule has 3 rings (SSSR count). The van der Waals surface area contributed by atoms with Crippen LogP contribution < -0.4 is 10.6 Å². The van der Waals surface area contributed by atoms with E-state index in [1.54, 1.807) is 42.7 Å². The van der Waals surface area contributed by atoms with Crippen molar-refractivity contribution in [3.8, 4) is 0 Å². The molecule has 2 aromatic carbocycles. The van der Waals surface area contributed by atoms with E-state index in [9.17, 15) is 19.7 Å². The molecule has 2 aromatic rings. The predicted octanol–water partition coefficient (Wildman–Crippen LogP) is 3.03. The summed E-state index contributed by atoms with van der Waals surface area (Å²) < 4.78 is 0. The van der Waals surface area contributed by atoms with Gasteiger partial charge in [-0.05, 0) is 50.4 Å². The number of hydrogen-bond donors (Lipinski definition) is 2. The lowest BCUT2D eigenvalue weighted by Gasteiger charge is -2.24. The largest absolute Gasteiger partial charge is 0.349 e. The number of amides is 1. The van der Waals surface area contributed by atoms with Crippen LogP contribution in [0.25, 0.3) is 0 Å². The molecule has 1 saturated heterocycles. The Kier molecular flexibility index (Phi) is 6.43. The lowest BCUT2D eigenvalue weighted by atomic mass is 9.97. The molecule has 1 amide bonds. The zero-order chi connectivity index (χ0) is 20.1. The number of ketones is 1. The monoisotopic (exact) mass is 399 g/mol. The zero-order valence-corrected chi connectivity index (χ0v) is 16.3. The molecule has 8 heteroatoms. The molecule has 0 spiro atoms. The van der Waals surface area contributed by atoms with Crippen LogP contribution in [0.4, 0.5) is 5.69 Å². The number of hydrogen-bond acceptors (Lipinski definition) is 6. The number of piperidine rings is 1. The Hall–Kier alpha value is -2.71. The second-order valence-electron chi connectivity index (χ2n) is 6.52. The molecule has 0 unspecified atom stereocenters. The molecule has 2 N–H and O–H groups in total. The fourth-order valence-corrected chi connectivity index (χ4v) is 3.78. The van der Waals surface area contributed by atoms with Gasteiger partial charge < -0.3 is 10.6 Å². The first-order chi connectivity index (χ1) is 13.5. The first kappa shape index (κ1) is 20.0. The summed E-state index contributed by atoms with van der Waals surface area (Å²) in [6, 6.07) is 11.0. The van der Waals surface area contributed by atoms with E-state index in [0.29, 0.717) is 4.90 Å². The van der Waals surface area contributed by atoms with Gasteiger partial charge in [0.25, 0.3) is 11.6 Å². The van der Waals surface area contributed by atoms with Gasteiger partial charge in [0.05, 0.1) is 15.4 Å². The van der Waals surface area contributed by atoms with Crippen molar-refractivity contribution in [2.75, 3.05) is 19.3 Å².